The molecular weight excluding hydrogens is 498 g/mol. The van der Waals surface area contributed by atoms with Crippen LogP contribution in [0.25, 0.3) is 6.08 Å². The van der Waals surface area contributed by atoms with Crippen LogP contribution in [0.15, 0.2) is 76.1 Å². The predicted octanol–water partition coefficient (Wildman–Crippen LogP) is 6.64. The first-order chi connectivity index (χ1) is 14.9. The van der Waals surface area contributed by atoms with Crippen LogP contribution in [-0.2, 0) is 17.8 Å². The summed E-state index contributed by atoms with van der Waals surface area (Å²) in [5, 5.41) is 10.6. The van der Waals surface area contributed by atoms with Crippen LogP contribution in [0, 0.1) is 0 Å². The van der Waals surface area contributed by atoms with Crippen molar-refractivity contribution in [2.45, 2.75) is 13.0 Å². The number of rotatable bonds is 5. The normalized spacial score (nSPS) is 15.2. The van der Waals surface area contributed by atoms with Crippen molar-refractivity contribution in [3.8, 4) is 5.75 Å². The summed E-state index contributed by atoms with van der Waals surface area (Å²) >= 11 is 10.6. The van der Waals surface area contributed by atoms with Crippen LogP contribution in [-0.4, -0.2) is 21.2 Å². The van der Waals surface area contributed by atoms with Gasteiger partial charge in [-0.2, -0.15) is 0 Å². The lowest BCUT2D eigenvalue weighted by Crippen LogP contribution is -2.27. The topological polar surface area (TPSA) is 57.6 Å². The second-order valence-electron chi connectivity index (χ2n) is 7.02. The largest absolute Gasteiger partial charge is 0.507 e. The summed E-state index contributed by atoms with van der Waals surface area (Å²) in [6.45, 7) is 0.182. The van der Waals surface area contributed by atoms with Gasteiger partial charge in [0.2, 0.25) is 0 Å². The zero-order valence-electron chi connectivity index (χ0n) is 16.2. The van der Waals surface area contributed by atoms with Gasteiger partial charge in [0, 0.05) is 15.1 Å². The molecule has 3 aromatic rings. The molecule has 0 aromatic heterocycles. The molecule has 2 amide bonds. The lowest BCUT2D eigenvalue weighted by atomic mass is 10.0. The number of hydrogen-bond acceptors (Lipinski definition) is 4. The lowest BCUT2D eigenvalue weighted by Gasteiger charge is -2.13. The van der Waals surface area contributed by atoms with Gasteiger partial charge in [0.25, 0.3) is 11.1 Å². The number of carbonyl (C=O) groups is 2. The molecule has 1 heterocycles. The molecule has 0 atom stereocenters. The number of amides is 2. The molecule has 4 rings (SSSR count). The highest BCUT2D eigenvalue weighted by Gasteiger charge is 2.35. The average Bonchev–Trinajstić information content (AvgIpc) is 3.01. The van der Waals surface area contributed by atoms with Crippen molar-refractivity contribution in [2.24, 2.45) is 0 Å². The molecule has 1 fully saturated rings. The van der Waals surface area contributed by atoms with E-state index in [2.05, 4.69) is 15.9 Å². The molecule has 4 nitrogen and oxygen atoms in total. The maximum atomic E-state index is 12.9. The second kappa shape index (κ2) is 9.30. The van der Waals surface area contributed by atoms with Crippen molar-refractivity contribution in [3.63, 3.8) is 0 Å². The van der Waals surface area contributed by atoms with Crippen LogP contribution < -0.4 is 0 Å². The van der Waals surface area contributed by atoms with E-state index >= 15 is 0 Å². The molecule has 1 N–H and O–H groups in total. The van der Waals surface area contributed by atoms with Crippen molar-refractivity contribution in [2.75, 3.05) is 0 Å². The quantitative estimate of drug-likeness (QED) is 0.388. The van der Waals surface area contributed by atoms with E-state index in [0.29, 0.717) is 17.0 Å². The molecule has 0 aliphatic carbocycles. The maximum absolute atomic E-state index is 12.9. The number of thioether (sulfide) groups is 1. The number of halogens is 2. The number of phenolic OH excluding ortho intramolecular Hbond substituents is 1. The van der Waals surface area contributed by atoms with Gasteiger partial charge in [-0.25, -0.2) is 0 Å². The van der Waals surface area contributed by atoms with Gasteiger partial charge in [-0.05, 0) is 65.2 Å². The fraction of sp³-hybridized carbons (Fsp3) is 0.0833. The minimum absolute atomic E-state index is 0.0421. The molecule has 3 aromatic carbocycles. The molecule has 0 saturated carbocycles. The van der Waals surface area contributed by atoms with Crippen LogP contribution in [0.5, 0.6) is 5.75 Å². The summed E-state index contributed by atoms with van der Waals surface area (Å²) < 4.78 is 0.836. The molecule has 31 heavy (non-hydrogen) atoms. The van der Waals surface area contributed by atoms with Crippen molar-refractivity contribution in [1.29, 1.82) is 0 Å². The summed E-state index contributed by atoms with van der Waals surface area (Å²) in [5.74, 6) is -0.331. The Hall–Kier alpha value is -2.54. The van der Waals surface area contributed by atoms with E-state index in [1.165, 1.54) is 4.90 Å². The zero-order valence-corrected chi connectivity index (χ0v) is 19.4. The number of imide groups is 1. The number of nitrogens with zero attached hydrogens (tertiary/aromatic N) is 1. The van der Waals surface area contributed by atoms with Crippen molar-refractivity contribution in [3.05, 3.63) is 103 Å². The summed E-state index contributed by atoms with van der Waals surface area (Å²) in [7, 11) is 0. The van der Waals surface area contributed by atoms with Crippen LogP contribution in [0.3, 0.4) is 0 Å². The molecule has 0 unspecified atom stereocenters. The Morgan fingerprint density at radius 2 is 1.71 bits per heavy atom. The number of carbonyl (C=O) groups excluding carboxylic acids is 2. The van der Waals surface area contributed by atoms with E-state index < -0.39 is 0 Å². The standard InChI is InChI=1S/C24H17BrClNO3S/c25-19-7-3-1-6-17(19)14-27-23(29)22(31-24(27)30)13-18-12-15(9-10-21(18)28)11-16-5-2-4-8-20(16)26/h1-10,12-13,28H,11,14H2/b22-13-. The number of phenols is 1. The molecule has 156 valence electrons. The average molecular weight is 515 g/mol. The number of benzene rings is 3. The maximum Gasteiger partial charge on any atom is 0.293 e. The fourth-order valence-corrected chi connectivity index (χ4v) is 4.71. The molecule has 0 radical (unpaired) electrons. The van der Waals surface area contributed by atoms with Crippen LogP contribution in [0.2, 0.25) is 5.02 Å². The van der Waals surface area contributed by atoms with Gasteiger partial charge in [0.05, 0.1) is 11.4 Å². The Balaban J connectivity index is 1.58. The van der Waals surface area contributed by atoms with Gasteiger partial charge < -0.3 is 5.11 Å². The monoisotopic (exact) mass is 513 g/mol. The first-order valence-corrected chi connectivity index (χ1v) is 11.4. The lowest BCUT2D eigenvalue weighted by molar-refractivity contribution is -0.123. The third kappa shape index (κ3) is 4.87. The molecule has 1 saturated heterocycles. The summed E-state index contributed by atoms with van der Waals surface area (Å²) in [4.78, 5) is 26.8. The Morgan fingerprint density at radius 3 is 2.45 bits per heavy atom. The van der Waals surface area contributed by atoms with Gasteiger partial charge in [0.1, 0.15) is 5.75 Å². The van der Waals surface area contributed by atoms with E-state index in [4.69, 9.17) is 11.6 Å². The van der Waals surface area contributed by atoms with E-state index in [1.807, 2.05) is 54.6 Å². The fourth-order valence-electron chi connectivity index (χ4n) is 3.27. The highest BCUT2D eigenvalue weighted by atomic mass is 79.9. The Labute approximate surface area is 197 Å². The number of aromatic hydroxyl groups is 1. The first kappa shape index (κ1) is 21.7. The molecule has 7 heteroatoms. The Morgan fingerprint density at radius 1 is 1.00 bits per heavy atom. The van der Waals surface area contributed by atoms with Gasteiger partial charge in [-0.15, -0.1) is 0 Å². The molecular formula is C24H17BrClNO3S. The van der Waals surface area contributed by atoms with E-state index in [0.717, 1.165) is 32.9 Å². The Kier molecular flexibility index (Phi) is 6.51. The Bertz CT molecular complexity index is 1210. The van der Waals surface area contributed by atoms with Gasteiger partial charge in [0.15, 0.2) is 0 Å². The van der Waals surface area contributed by atoms with Crippen LogP contribution in [0.1, 0.15) is 22.3 Å². The third-order valence-electron chi connectivity index (χ3n) is 4.89. The first-order valence-electron chi connectivity index (χ1n) is 9.46. The summed E-state index contributed by atoms with van der Waals surface area (Å²) in [6.07, 6.45) is 2.15. The minimum Gasteiger partial charge on any atom is -0.507 e. The van der Waals surface area contributed by atoms with Gasteiger partial charge >= 0.3 is 0 Å². The summed E-state index contributed by atoms with van der Waals surface area (Å²) in [6, 6.07) is 20.2. The predicted molar refractivity (Wildman–Crippen MR) is 128 cm³/mol. The molecule has 0 spiro atoms. The summed E-state index contributed by atoms with van der Waals surface area (Å²) in [5.41, 5.74) is 3.23. The highest BCUT2D eigenvalue weighted by Crippen LogP contribution is 2.36. The van der Waals surface area contributed by atoms with Crippen molar-refractivity contribution in [1.82, 2.24) is 4.90 Å². The molecule has 0 bridgehead atoms. The number of hydrogen-bond donors (Lipinski definition) is 1. The van der Waals surface area contributed by atoms with Crippen molar-refractivity contribution < 1.29 is 14.7 Å². The van der Waals surface area contributed by atoms with E-state index in [1.54, 1.807) is 18.2 Å². The van der Waals surface area contributed by atoms with Crippen LogP contribution >= 0.6 is 39.3 Å². The highest BCUT2D eigenvalue weighted by molar-refractivity contribution is 9.10. The van der Waals surface area contributed by atoms with Gasteiger partial charge in [-0.1, -0.05) is 70.0 Å². The van der Waals surface area contributed by atoms with Gasteiger partial charge in [-0.3, -0.25) is 14.5 Å². The molecule has 1 aliphatic heterocycles. The molecule has 1 aliphatic rings. The van der Waals surface area contributed by atoms with Crippen LogP contribution in [0.4, 0.5) is 4.79 Å². The van der Waals surface area contributed by atoms with E-state index in [9.17, 15) is 14.7 Å². The van der Waals surface area contributed by atoms with E-state index in [-0.39, 0.29) is 28.3 Å². The SMILES string of the molecule is O=C1S/C(=C\c2cc(Cc3ccccc3Cl)ccc2O)C(=O)N1Cc1ccccc1Br. The third-order valence-corrected chi connectivity index (χ3v) is 6.94. The van der Waals surface area contributed by atoms with Crippen molar-refractivity contribution >= 4 is 56.5 Å². The zero-order chi connectivity index (χ0) is 22.0. The smallest absolute Gasteiger partial charge is 0.293 e. The minimum atomic E-state index is -0.373. The second-order valence-corrected chi connectivity index (χ2v) is 9.28.